The highest BCUT2D eigenvalue weighted by molar-refractivity contribution is 7.93. The number of aromatic nitrogens is 2. The molecule has 0 aliphatic carbocycles. The maximum Gasteiger partial charge on any atom is 0.420 e. The van der Waals surface area contributed by atoms with Crippen molar-refractivity contribution in [2.45, 2.75) is 24.4 Å². The Hall–Kier alpha value is -3.02. The number of fused-ring (bicyclic) bond motifs is 2. The van der Waals surface area contributed by atoms with Gasteiger partial charge in [0.15, 0.2) is 16.5 Å². The lowest BCUT2D eigenvalue weighted by Gasteiger charge is -2.20. The van der Waals surface area contributed by atoms with Crippen molar-refractivity contribution in [3.8, 4) is 0 Å². The first-order valence-electron chi connectivity index (χ1n) is 9.48. The van der Waals surface area contributed by atoms with Crippen LogP contribution in [0.15, 0.2) is 56.0 Å². The van der Waals surface area contributed by atoms with E-state index < -0.39 is 32.1 Å². The number of oxazole rings is 1. The van der Waals surface area contributed by atoms with E-state index in [0.29, 0.717) is 6.54 Å². The van der Waals surface area contributed by atoms with E-state index in [1.807, 2.05) is 12.1 Å². The van der Waals surface area contributed by atoms with Gasteiger partial charge in [0, 0.05) is 18.1 Å². The van der Waals surface area contributed by atoms with Gasteiger partial charge in [-0.25, -0.2) is 22.6 Å². The zero-order valence-electron chi connectivity index (χ0n) is 16.1. The fourth-order valence-electron chi connectivity index (χ4n) is 3.78. The lowest BCUT2D eigenvalue weighted by atomic mass is 9.96. The third-order valence-corrected chi connectivity index (χ3v) is 7.43. The van der Waals surface area contributed by atoms with Gasteiger partial charge in [-0.1, -0.05) is 18.2 Å². The molecule has 1 aliphatic rings. The van der Waals surface area contributed by atoms with Gasteiger partial charge < -0.3 is 9.73 Å². The number of thiazole rings is 1. The first-order chi connectivity index (χ1) is 14.9. The van der Waals surface area contributed by atoms with Crippen molar-refractivity contribution >= 4 is 37.6 Å². The van der Waals surface area contributed by atoms with Gasteiger partial charge in [-0.15, -0.1) is 11.3 Å². The van der Waals surface area contributed by atoms with E-state index in [2.05, 4.69) is 21.1 Å². The molecular formula is C20H17FN4O4S2. The lowest BCUT2D eigenvalue weighted by molar-refractivity contribution is 0.490. The van der Waals surface area contributed by atoms with Crippen molar-refractivity contribution in [1.82, 2.24) is 14.9 Å². The van der Waals surface area contributed by atoms with Gasteiger partial charge in [-0.2, -0.15) is 0 Å². The van der Waals surface area contributed by atoms with Crippen LogP contribution in [0, 0.1) is 5.82 Å². The predicted molar refractivity (Wildman–Crippen MR) is 114 cm³/mol. The topological polar surface area (TPSA) is 106 Å². The van der Waals surface area contributed by atoms with Crippen LogP contribution in [0.4, 0.5) is 9.52 Å². The largest absolute Gasteiger partial charge is 0.420 e. The number of benzene rings is 2. The normalized spacial score (nSPS) is 14.0. The maximum absolute atomic E-state index is 15.1. The number of rotatable bonds is 5. The molecule has 4 aromatic rings. The van der Waals surface area contributed by atoms with Crippen LogP contribution in [-0.4, -0.2) is 24.5 Å². The molecule has 0 saturated heterocycles. The average molecular weight is 461 g/mol. The molecule has 2 N–H and O–H groups in total. The van der Waals surface area contributed by atoms with Crippen LogP contribution >= 0.6 is 11.3 Å². The van der Waals surface area contributed by atoms with Crippen LogP contribution in [-0.2, 0) is 29.5 Å². The molecule has 5 rings (SSSR count). The molecule has 1 aliphatic heterocycles. The van der Waals surface area contributed by atoms with Crippen molar-refractivity contribution < 1.29 is 17.2 Å². The van der Waals surface area contributed by atoms with Crippen LogP contribution in [0.5, 0.6) is 0 Å². The highest BCUT2D eigenvalue weighted by Gasteiger charge is 2.26. The summed E-state index contributed by atoms with van der Waals surface area (Å²) in [7, 11) is -4.24. The molecular weight excluding hydrogens is 443 g/mol. The molecule has 0 amide bonds. The Balaban J connectivity index is 1.56. The van der Waals surface area contributed by atoms with E-state index in [-0.39, 0.29) is 17.2 Å². The third-order valence-electron chi connectivity index (χ3n) is 5.26. The van der Waals surface area contributed by atoms with Crippen LogP contribution in [0.2, 0.25) is 0 Å². The minimum Gasteiger partial charge on any atom is -0.404 e. The van der Waals surface area contributed by atoms with Crippen LogP contribution in [0.1, 0.15) is 16.7 Å². The Bertz CT molecular complexity index is 1440. The standard InChI is InChI=1S/C20H17FN4O4S2/c21-17-16(31(27,28)24-19-23-8-9-30-19)5-4-15-18(17)29-20(26)25(15)11-13-3-1-2-12-6-7-22-10-14(12)13/h1-5,8-9,22H,6-7,10-11H2,(H,23,24). The number of hydrogen-bond donors (Lipinski definition) is 2. The first kappa shape index (κ1) is 19.9. The molecule has 11 heteroatoms. The Kier molecular flexibility index (Phi) is 4.88. The van der Waals surface area contributed by atoms with Crippen molar-refractivity contribution in [3.05, 3.63) is 75.0 Å². The summed E-state index contributed by atoms with van der Waals surface area (Å²) in [5.74, 6) is -1.87. The molecule has 0 atom stereocenters. The first-order valence-corrected chi connectivity index (χ1v) is 11.8. The quantitative estimate of drug-likeness (QED) is 0.474. The predicted octanol–water partition coefficient (Wildman–Crippen LogP) is 2.68. The van der Waals surface area contributed by atoms with Crippen LogP contribution in [0.25, 0.3) is 11.1 Å². The van der Waals surface area contributed by atoms with E-state index in [1.54, 1.807) is 5.38 Å². The molecule has 0 saturated carbocycles. The lowest BCUT2D eigenvalue weighted by Crippen LogP contribution is -2.26. The van der Waals surface area contributed by atoms with E-state index in [4.69, 9.17) is 4.42 Å². The number of nitrogens with zero attached hydrogens (tertiary/aromatic N) is 2. The zero-order chi connectivity index (χ0) is 21.6. The summed E-state index contributed by atoms with van der Waals surface area (Å²) in [5, 5.41) is 5.02. The second-order valence-corrected chi connectivity index (χ2v) is 9.65. The van der Waals surface area contributed by atoms with Gasteiger partial charge in [-0.05, 0) is 41.8 Å². The molecule has 160 valence electrons. The Morgan fingerprint density at radius 2 is 2.16 bits per heavy atom. The number of halogens is 1. The monoisotopic (exact) mass is 460 g/mol. The second-order valence-electron chi connectivity index (χ2n) is 7.10. The van der Waals surface area contributed by atoms with Crippen molar-refractivity contribution in [1.29, 1.82) is 0 Å². The van der Waals surface area contributed by atoms with Gasteiger partial charge >= 0.3 is 5.76 Å². The maximum atomic E-state index is 15.1. The molecule has 31 heavy (non-hydrogen) atoms. The summed E-state index contributed by atoms with van der Waals surface area (Å²) in [6, 6.07) is 8.42. The zero-order valence-corrected chi connectivity index (χ0v) is 17.7. The number of anilines is 1. The van der Waals surface area contributed by atoms with Crippen molar-refractivity contribution in [3.63, 3.8) is 0 Å². The summed E-state index contributed by atoms with van der Waals surface area (Å²) in [4.78, 5) is 15.7. The summed E-state index contributed by atoms with van der Waals surface area (Å²) < 4.78 is 48.9. The fraction of sp³-hybridized carbons (Fsp3) is 0.200. The van der Waals surface area contributed by atoms with Crippen molar-refractivity contribution in [2.24, 2.45) is 0 Å². The van der Waals surface area contributed by atoms with E-state index in [1.165, 1.54) is 22.4 Å². The number of sulfonamides is 1. The fourth-order valence-corrected chi connectivity index (χ4v) is 5.65. The molecule has 0 spiro atoms. The Morgan fingerprint density at radius 3 is 2.97 bits per heavy atom. The number of nitrogens with one attached hydrogen (secondary N) is 2. The summed E-state index contributed by atoms with van der Waals surface area (Å²) in [5.41, 5.74) is 3.05. The molecule has 0 bridgehead atoms. The van der Waals surface area contributed by atoms with E-state index in [0.717, 1.165) is 41.5 Å². The minimum atomic E-state index is -4.24. The van der Waals surface area contributed by atoms with Gasteiger partial charge in [0.05, 0.1) is 12.1 Å². The van der Waals surface area contributed by atoms with Gasteiger partial charge in [-0.3, -0.25) is 9.29 Å². The highest BCUT2D eigenvalue weighted by Crippen LogP contribution is 2.27. The van der Waals surface area contributed by atoms with Gasteiger partial charge in [0.25, 0.3) is 10.0 Å². The van der Waals surface area contributed by atoms with Crippen LogP contribution in [0.3, 0.4) is 0 Å². The molecule has 0 fully saturated rings. The summed E-state index contributed by atoms with van der Waals surface area (Å²) >= 11 is 1.07. The molecule has 3 heterocycles. The molecule has 2 aromatic carbocycles. The van der Waals surface area contributed by atoms with Crippen molar-refractivity contribution in [2.75, 3.05) is 11.3 Å². The Labute approximate surface area is 180 Å². The molecule has 8 nitrogen and oxygen atoms in total. The SMILES string of the molecule is O=c1oc2c(F)c(S(=O)(=O)Nc3nccs3)ccc2n1Cc1cccc2c1CNCC2. The van der Waals surface area contributed by atoms with E-state index >= 15 is 4.39 Å². The second kappa shape index (κ2) is 7.59. The molecule has 2 aromatic heterocycles. The molecule has 0 unspecified atom stereocenters. The highest BCUT2D eigenvalue weighted by atomic mass is 32.2. The average Bonchev–Trinajstić information content (AvgIpc) is 3.36. The van der Waals surface area contributed by atoms with Gasteiger partial charge in [0.1, 0.15) is 4.90 Å². The number of hydrogen-bond acceptors (Lipinski definition) is 7. The molecule has 0 radical (unpaired) electrons. The van der Waals surface area contributed by atoms with Gasteiger partial charge in [0.2, 0.25) is 0 Å². The summed E-state index contributed by atoms with van der Waals surface area (Å²) in [6.45, 7) is 1.78. The van der Waals surface area contributed by atoms with Crippen LogP contribution < -0.4 is 15.8 Å². The van der Waals surface area contributed by atoms with E-state index in [9.17, 15) is 13.2 Å². The smallest absolute Gasteiger partial charge is 0.404 e. The minimum absolute atomic E-state index is 0.112. The Morgan fingerprint density at radius 1 is 1.29 bits per heavy atom. The summed E-state index contributed by atoms with van der Waals surface area (Å²) in [6.07, 6.45) is 2.32. The third kappa shape index (κ3) is 3.54.